The molecule has 8 aromatic heterocycles. The smallest absolute Gasteiger partial charge is 0.210 e. The number of nitrogens with zero attached hydrogens (tertiary/aromatic N) is 14. The van der Waals surface area contributed by atoms with Gasteiger partial charge in [-0.15, -0.1) is 0 Å². The van der Waals surface area contributed by atoms with Crippen LogP contribution in [0.2, 0.25) is 5.28 Å². The highest BCUT2D eigenvalue weighted by Crippen LogP contribution is 2.34. The lowest BCUT2D eigenvalue weighted by atomic mass is 9.92. The maximum absolute atomic E-state index is 12.1. The Kier molecular flexibility index (Phi) is 14.9. The molecule has 376 valence electrons. The third-order valence-corrected chi connectivity index (χ3v) is 12.3. The molecule has 0 unspecified atom stereocenters. The number of ketones is 2. The number of anilines is 3. The minimum atomic E-state index is -0.165. The van der Waals surface area contributed by atoms with Crippen molar-refractivity contribution in [2.24, 2.45) is 25.9 Å². The number of imidazole rings is 2. The van der Waals surface area contributed by atoms with Crippen molar-refractivity contribution >= 4 is 63.1 Å². The molecule has 10 rings (SSSR count). The van der Waals surface area contributed by atoms with Gasteiger partial charge in [0.05, 0.1) is 47.0 Å². The molecule has 2 aliphatic carbocycles. The Morgan fingerprint density at radius 3 is 1.66 bits per heavy atom. The predicted octanol–water partition coefficient (Wildman–Crippen LogP) is 9.06. The molecule has 8 heterocycles. The normalized spacial score (nSPS) is 13.3. The number of nitriles is 2. The van der Waals surface area contributed by atoms with Crippen LogP contribution in [-0.2, 0) is 60.4 Å². The summed E-state index contributed by atoms with van der Waals surface area (Å²) in [5, 5.41) is 29.9. The van der Waals surface area contributed by atoms with Crippen LogP contribution >= 0.6 is 11.6 Å². The summed E-state index contributed by atoms with van der Waals surface area (Å²) in [5.74, 6) is 4.94. The van der Waals surface area contributed by atoms with Crippen molar-refractivity contribution in [3.05, 3.63) is 101 Å². The summed E-state index contributed by atoms with van der Waals surface area (Å²) >= 11 is 6.00. The first-order valence-electron chi connectivity index (χ1n) is 23.8. The fourth-order valence-electron chi connectivity index (χ4n) is 7.87. The van der Waals surface area contributed by atoms with Crippen LogP contribution in [0, 0.1) is 34.5 Å². The molecule has 0 aliphatic heterocycles. The highest BCUT2D eigenvalue weighted by atomic mass is 35.5. The van der Waals surface area contributed by atoms with Crippen LogP contribution in [-0.4, -0.2) is 70.2 Å². The van der Waals surface area contributed by atoms with Crippen LogP contribution in [0.1, 0.15) is 90.0 Å². The number of Topliss-reactive ketones (excluding diaryl/α,β-unsaturated/α-hetero) is 2. The lowest BCUT2D eigenvalue weighted by Gasteiger charge is -2.18. The largest absolute Gasteiger partial charge is 0.456 e. The third kappa shape index (κ3) is 12.8. The molecule has 2 saturated carbocycles. The van der Waals surface area contributed by atoms with E-state index in [-0.39, 0.29) is 47.3 Å². The van der Waals surface area contributed by atoms with E-state index in [9.17, 15) is 14.9 Å². The number of hydrogen-bond donors (Lipinski definition) is 2. The summed E-state index contributed by atoms with van der Waals surface area (Å²) in [6.07, 6.45) is 11.2. The van der Waals surface area contributed by atoms with Crippen molar-refractivity contribution in [1.82, 2.24) is 58.6 Å². The van der Waals surface area contributed by atoms with E-state index < -0.39 is 0 Å². The monoisotopic (exact) mass is 1000 g/mol. The molecule has 0 aromatic carbocycles. The highest BCUT2D eigenvalue weighted by Gasteiger charge is 2.30. The summed E-state index contributed by atoms with van der Waals surface area (Å²) in [5.41, 5.74) is 11.4. The van der Waals surface area contributed by atoms with Crippen molar-refractivity contribution in [3.63, 3.8) is 0 Å². The first-order valence-corrected chi connectivity index (χ1v) is 24.2. The van der Waals surface area contributed by atoms with E-state index in [0.717, 1.165) is 53.8 Å². The predicted molar refractivity (Wildman–Crippen MR) is 274 cm³/mol. The molecular formula is C52H57ClN16O4. The molecule has 2 aliphatic rings. The second-order valence-corrected chi connectivity index (χ2v) is 20.4. The molecule has 3 N–H and O–H groups in total. The van der Waals surface area contributed by atoms with Crippen molar-refractivity contribution in [1.29, 1.82) is 10.5 Å². The number of hydrogen-bond acceptors (Lipinski definition) is 16. The molecule has 0 bridgehead atoms. The molecule has 21 heteroatoms. The summed E-state index contributed by atoms with van der Waals surface area (Å²) in [6, 6.07) is 18.8. The van der Waals surface area contributed by atoms with Crippen LogP contribution in [0.5, 0.6) is 23.0 Å². The SMILES string of the molecule is CC(C)(C)c1cc(N)nn1CC#N.Cn1c(Cl)nc2ncc(Oc3ccnc(CC(=O)C4CC4)c3)cc21.Cn1c(Nc2cc(C(C)(C)C)n(CC#N)n2)nc2ncc(Oc3ccnc(CC(=O)C4CC4)c3)cc21. The lowest BCUT2D eigenvalue weighted by molar-refractivity contribution is -0.120. The van der Waals surface area contributed by atoms with Crippen molar-refractivity contribution in [2.75, 3.05) is 11.1 Å². The Bertz CT molecular complexity index is 3410. The van der Waals surface area contributed by atoms with Gasteiger partial charge < -0.3 is 29.7 Å². The number of aromatic nitrogens is 12. The van der Waals surface area contributed by atoms with Gasteiger partial charge in [0.2, 0.25) is 11.2 Å². The Balaban J connectivity index is 0.000000164. The van der Waals surface area contributed by atoms with E-state index in [1.54, 1.807) is 63.0 Å². The molecular weight excluding hydrogens is 948 g/mol. The lowest BCUT2D eigenvalue weighted by Crippen LogP contribution is -2.18. The van der Waals surface area contributed by atoms with Crippen molar-refractivity contribution in [3.8, 4) is 35.1 Å². The van der Waals surface area contributed by atoms with Crippen LogP contribution in [0.4, 0.5) is 17.6 Å². The van der Waals surface area contributed by atoms with E-state index in [2.05, 4.69) is 99.1 Å². The first-order chi connectivity index (χ1) is 34.8. The number of halogens is 1. The molecule has 0 atom stereocenters. The highest BCUT2D eigenvalue weighted by molar-refractivity contribution is 6.29. The van der Waals surface area contributed by atoms with Crippen LogP contribution in [0.3, 0.4) is 0 Å². The van der Waals surface area contributed by atoms with Crippen molar-refractivity contribution < 1.29 is 19.1 Å². The number of nitrogens with one attached hydrogen (secondary N) is 1. The number of fused-ring (bicyclic) bond motifs is 2. The number of rotatable bonds is 14. The van der Waals surface area contributed by atoms with Gasteiger partial charge in [0.25, 0.3) is 0 Å². The molecule has 73 heavy (non-hydrogen) atoms. The Hall–Kier alpha value is -8.23. The Labute approximate surface area is 427 Å². The summed E-state index contributed by atoms with van der Waals surface area (Å²) in [7, 11) is 3.70. The molecule has 0 radical (unpaired) electrons. The van der Waals surface area contributed by atoms with Gasteiger partial charge in [-0.2, -0.15) is 30.7 Å². The van der Waals surface area contributed by atoms with E-state index in [4.69, 9.17) is 32.1 Å². The third-order valence-electron chi connectivity index (χ3n) is 12.0. The summed E-state index contributed by atoms with van der Waals surface area (Å²) in [6.45, 7) is 12.9. The quantitative estimate of drug-likeness (QED) is 0.103. The fraction of sp³-hybridized carbons (Fsp3) is 0.385. The molecule has 0 spiro atoms. The fourth-order valence-corrected chi connectivity index (χ4v) is 8.04. The molecule has 8 aromatic rings. The number of aryl methyl sites for hydroxylation is 2. The van der Waals surface area contributed by atoms with Gasteiger partial charge in [-0.05, 0) is 49.4 Å². The van der Waals surface area contributed by atoms with E-state index in [1.807, 2.05) is 42.9 Å². The standard InChI is InChI=1S/C26H28N8O2.C17H15ClN4O2.C9H14N4/c1-26(2,3)22-14-23(32-34(22)10-8-27)30-25-31-24-20(33(25)4)13-19(15-29-24)36-18-7-9-28-17(11-18)12-21(35)16-5-6-16;1-22-14-8-13(9-20-16(14)21-17(22)18)24-12-4-5-19-11(6-12)7-15(23)10-2-3-10;1-9(2,3)7-6-8(11)12-13(7)5-4-10/h7,9,11,13-16H,5-6,10,12H2,1-4H3,(H,29,30,31,32);4-6,8-10H,2-3,7H2,1H3;6H,5H2,1-3H3,(H2,11,12). The number of carbonyl (C=O) groups excluding carboxylic acids is 2. The first kappa shape index (κ1) is 51.1. The minimum absolute atomic E-state index is 0.0263. The second kappa shape index (κ2) is 21.2. The Morgan fingerprint density at radius 2 is 1.16 bits per heavy atom. The second-order valence-electron chi connectivity index (χ2n) is 20.1. The number of pyridine rings is 4. The molecule has 20 nitrogen and oxygen atoms in total. The topological polar surface area (TPSA) is 261 Å². The summed E-state index contributed by atoms with van der Waals surface area (Å²) < 4.78 is 18.8. The van der Waals surface area contributed by atoms with Crippen molar-refractivity contribution in [2.45, 2.75) is 104 Å². The summed E-state index contributed by atoms with van der Waals surface area (Å²) in [4.78, 5) is 50.1. The minimum Gasteiger partial charge on any atom is -0.456 e. The van der Waals surface area contributed by atoms with Gasteiger partial charge in [0.1, 0.15) is 53.5 Å². The zero-order chi connectivity index (χ0) is 52.2. The van der Waals surface area contributed by atoms with Crippen LogP contribution < -0.4 is 20.5 Å². The zero-order valence-electron chi connectivity index (χ0n) is 42.1. The number of nitrogens with two attached hydrogens (primary N) is 1. The number of carbonyl (C=O) groups is 2. The average molecular weight is 1010 g/mol. The number of nitrogen functional groups attached to an aromatic ring is 1. The van der Waals surface area contributed by atoms with E-state index >= 15 is 0 Å². The van der Waals surface area contributed by atoms with Gasteiger partial charge in [-0.1, -0.05) is 41.5 Å². The van der Waals surface area contributed by atoms with Gasteiger partial charge >= 0.3 is 0 Å². The number of ether oxygens (including phenoxy) is 2. The van der Waals surface area contributed by atoms with Gasteiger partial charge in [0, 0.05) is 110 Å². The average Bonchev–Trinajstić information content (AvgIpc) is 4.25. The zero-order valence-corrected chi connectivity index (χ0v) is 42.8. The molecule has 0 saturated heterocycles. The maximum atomic E-state index is 12.1. The van der Waals surface area contributed by atoms with Crippen LogP contribution in [0.15, 0.2) is 73.3 Å². The van der Waals surface area contributed by atoms with E-state index in [0.29, 0.717) is 75.7 Å². The Morgan fingerprint density at radius 1 is 0.685 bits per heavy atom. The molecule has 0 amide bonds. The van der Waals surface area contributed by atoms with Crippen LogP contribution in [0.25, 0.3) is 22.3 Å². The van der Waals surface area contributed by atoms with E-state index in [1.165, 1.54) is 0 Å². The molecule has 2 fully saturated rings. The maximum Gasteiger partial charge on any atom is 0.210 e. The van der Waals surface area contributed by atoms with Gasteiger partial charge in [-0.3, -0.25) is 28.9 Å². The van der Waals surface area contributed by atoms with Gasteiger partial charge in [0.15, 0.2) is 17.1 Å². The van der Waals surface area contributed by atoms with Gasteiger partial charge in [-0.25, -0.2) is 9.97 Å².